The van der Waals surface area contributed by atoms with Gasteiger partial charge in [0.15, 0.2) is 0 Å². The van der Waals surface area contributed by atoms with Crippen molar-refractivity contribution in [3.8, 4) is 11.1 Å². The van der Waals surface area contributed by atoms with Gasteiger partial charge >= 0.3 is 0 Å². The van der Waals surface area contributed by atoms with E-state index in [1.807, 2.05) is 43.2 Å². The molecule has 3 heteroatoms. The van der Waals surface area contributed by atoms with Gasteiger partial charge in [-0.25, -0.2) is 0 Å². The second kappa shape index (κ2) is 3.01. The third-order valence-electron chi connectivity index (χ3n) is 1.99. The van der Waals surface area contributed by atoms with Crippen LogP contribution in [0.4, 0.5) is 0 Å². The van der Waals surface area contributed by atoms with Gasteiger partial charge in [0.05, 0.1) is 5.69 Å². The molecule has 13 heavy (non-hydrogen) atoms. The van der Waals surface area contributed by atoms with Crippen molar-refractivity contribution in [2.45, 2.75) is 6.92 Å². The molecule has 66 valence electrons. The van der Waals surface area contributed by atoms with E-state index < -0.39 is 0 Å². The van der Waals surface area contributed by atoms with Gasteiger partial charge in [-0.3, -0.25) is 9.67 Å². The van der Waals surface area contributed by atoms with Gasteiger partial charge in [-0.15, -0.1) is 0 Å². The van der Waals surface area contributed by atoms with Crippen LogP contribution in [0.2, 0.25) is 0 Å². The SMILES string of the molecule is Cc1nn(C)cc1-c1cccnc1. The topological polar surface area (TPSA) is 30.7 Å². The first-order valence-corrected chi connectivity index (χ1v) is 4.18. The van der Waals surface area contributed by atoms with Gasteiger partial charge in [0.25, 0.3) is 0 Å². The van der Waals surface area contributed by atoms with E-state index in [4.69, 9.17) is 0 Å². The molecule has 0 saturated carbocycles. The van der Waals surface area contributed by atoms with Crippen LogP contribution in [0.25, 0.3) is 11.1 Å². The molecule has 0 aliphatic rings. The van der Waals surface area contributed by atoms with Crippen molar-refractivity contribution in [3.05, 3.63) is 36.4 Å². The van der Waals surface area contributed by atoms with Gasteiger partial charge in [0.1, 0.15) is 0 Å². The van der Waals surface area contributed by atoms with Crippen LogP contribution in [-0.2, 0) is 7.05 Å². The first kappa shape index (κ1) is 7.98. The average Bonchev–Trinajstić information content (AvgIpc) is 2.47. The van der Waals surface area contributed by atoms with Crippen molar-refractivity contribution in [2.24, 2.45) is 7.05 Å². The van der Waals surface area contributed by atoms with E-state index in [1.165, 1.54) is 0 Å². The third-order valence-corrected chi connectivity index (χ3v) is 1.99. The normalized spacial score (nSPS) is 10.3. The molecule has 0 saturated heterocycles. The Morgan fingerprint density at radius 3 is 2.77 bits per heavy atom. The summed E-state index contributed by atoms with van der Waals surface area (Å²) in [4.78, 5) is 4.07. The van der Waals surface area contributed by atoms with Crippen LogP contribution in [0, 0.1) is 6.92 Å². The minimum Gasteiger partial charge on any atom is -0.275 e. The quantitative estimate of drug-likeness (QED) is 0.658. The third kappa shape index (κ3) is 1.45. The fraction of sp³-hybridized carbons (Fsp3) is 0.200. The highest BCUT2D eigenvalue weighted by atomic mass is 15.2. The zero-order chi connectivity index (χ0) is 9.26. The lowest BCUT2D eigenvalue weighted by Crippen LogP contribution is -1.86. The first-order chi connectivity index (χ1) is 6.27. The molecule has 0 aliphatic carbocycles. The Balaban J connectivity index is 2.53. The predicted molar refractivity (Wildman–Crippen MR) is 51.2 cm³/mol. The minimum absolute atomic E-state index is 1.04. The molecule has 2 rings (SSSR count). The van der Waals surface area contributed by atoms with Gasteiger partial charge in [0.2, 0.25) is 0 Å². The molecule has 0 atom stereocenters. The lowest BCUT2D eigenvalue weighted by molar-refractivity contribution is 0.756. The van der Waals surface area contributed by atoms with Crippen LogP contribution in [0.1, 0.15) is 5.69 Å². The largest absolute Gasteiger partial charge is 0.275 e. The van der Waals surface area contributed by atoms with Crippen LogP contribution in [-0.4, -0.2) is 14.8 Å². The van der Waals surface area contributed by atoms with Crippen LogP contribution in [0.5, 0.6) is 0 Å². The highest BCUT2D eigenvalue weighted by molar-refractivity contribution is 5.63. The summed E-state index contributed by atoms with van der Waals surface area (Å²) in [6.07, 6.45) is 5.63. The average molecular weight is 173 g/mol. The maximum atomic E-state index is 4.28. The molecule has 0 fully saturated rings. The number of hydrogen-bond donors (Lipinski definition) is 0. The number of nitrogens with zero attached hydrogens (tertiary/aromatic N) is 3. The van der Waals surface area contributed by atoms with Crippen molar-refractivity contribution in [1.29, 1.82) is 0 Å². The van der Waals surface area contributed by atoms with Crippen molar-refractivity contribution in [2.75, 3.05) is 0 Å². The lowest BCUT2D eigenvalue weighted by Gasteiger charge is -1.95. The van der Waals surface area contributed by atoms with Crippen LogP contribution >= 0.6 is 0 Å². The van der Waals surface area contributed by atoms with E-state index in [2.05, 4.69) is 10.1 Å². The summed E-state index contributed by atoms with van der Waals surface area (Å²) in [5.41, 5.74) is 3.30. The molecule has 0 unspecified atom stereocenters. The molecular formula is C10H11N3. The molecule has 0 N–H and O–H groups in total. The van der Waals surface area contributed by atoms with Gasteiger partial charge < -0.3 is 0 Å². The summed E-state index contributed by atoms with van der Waals surface area (Å²) in [6.45, 7) is 2.00. The van der Waals surface area contributed by atoms with Crippen molar-refractivity contribution >= 4 is 0 Å². The molecule has 0 bridgehead atoms. The van der Waals surface area contributed by atoms with E-state index in [9.17, 15) is 0 Å². The minimum atomic E-state index is 1.04. The molecular weight excluding hydrogens is 162 g/mol. The molecule has 3 nitrogen and oxygen atoms in total. The summed E-state index contributed by atoms with van der Waals surface area (Å²) in [7, 11) is 1.92. The zero-order valence-electron chi connectivity index (χ0n) is 7.73. The Labute approximate surface area is 77.0 Å². The van der Waals surface area contributed by atoms with E-state index >= 15 is 0 Å². The maximum Gasteiger partial charge on any atom is 0.0672 e. The number of rotatable bonds is 1. The zero-order valence-corrected chi connectivity index (χ0v) is 7.73. The predicted octanol–water partition coefficient (Wildman–Crippen LogP) is 1.79. The summed E-state index contributed by atoms with van der Waals surface area (Å²) in [5, 5.41) is 4.28. The van der Waals surface area contributed by atoms with Gasteiger partial charge in [-0.1, -0.05) is 6.07 Å². The Morgan fingerprint density at radius 2 is 2.23 bits per heavy atom. The second-order valence-electron chi connectivity index (χ2n) is 3.04. The highest BCUT2D eigenvalue weighted by Gasteiger charge is 2.04. The molecule has 0 amide bonds. The van der Waals surface area contributed by atoms with Crippen molar-refractivity contribution < 1.29 is 0 Å². The van der Waals surface area contributed by atoms with Gasteiger partial charge in [0, 0.05) is 36.8 Å². The highest BCUT2D eigenvalue weighted by Crippen LogP contribution is 2.20. The molecule has 2 aromatic rings. The van der Waals surface area contributed by atoms with E-state index in [-0.39, 0.29) is 0 Å². The van der Waals surface area contributed by atoms with E-state index in [1.54, 1.807) is 6.20 Å². The Morgan fingerprint density at radius 1 is 1.38 bits per heavy atom. The lowest BCUT2D eigenvalue weighted by atomic mass is 10.1. The molecule has 0 radical (unpaired) electrons. The van der Waals surface area contributed by atoms with Crippen molar-refractivity contribution in [3.63, 3.8) is 0 Å². The fourth-order valence-electron chi connectivity index (χ4n) is 1.41. The van der Waals surface area contributed by atoms with Crippen LogP contribution in [0.15, 0.2) is 30.7 Å². The van der Waals surface area contributed by atoms with Crippen molar-refractivity contribution in [1.82, 2.24) is 14.8 Å². The van der Waals surface area contributed by atoms with Gasteiger partial charge in [-0.05, 0) is 13.0 Å². The molecule has 0 aromatic carbocycles. The molecule has 0 spiro atoms. The molecule has 2 aromatic heterocycles. The van der Waals surface area contributed by atoms with Gasteiger partial charge in [-0.2, -0.15) is 5.10 Å². The standard InChI is InChI=1S/C10H11N3/c1-8-10(7-13(2)12-8)9-4-3-5-11-6-9/h3-7H,1-2H3. The van der Waals surface area contributed by atoms with Crippen LogP contribution in [0.3, 0.4) is 0 Å². The van der Waals surface area contributed by atoms with E-state index in [0.29, 0.717) is 0 Å². The number of aryl methyl sites for hydroxylation is 2. The molecule has 2 heterocycles. The van der Waals surface area contributed by atoms with Crippen LogP contribution < -0.4 is 0 Å². The monoisotopic (exact) mass is 173 g/mol. The Kier molecular flexibility index (Phi) is 1.85. The molecule has 0 aliphatic heterocycles. The number of aromatic nitrogens is 3. The maximum absolute atomic E-state index is 4.28. The Hall–Kier alpha value is -1.64. The van der Waals surface area contributed by atoms with E-state index in [0.717, 1.165) is 16.8 Å². The first-order valence-electron chi connectivity index (χ1n) is 4.18. The summed E-state index contributed by atoms with van der Waals surface area (Å²) >= 11 is 0. The summed E-state index contributed by atoms with van der Waals surface area (Å²) in [6, 6.07) is 3.97. The summed E-state index contributed by atoms with van der Waals surface area (Å²) < 4.78 is 1.82. The summed E-state index contributed by atoms with van der Waals surface area (Å²) in [5.74, 6) is 0. The Bertz CT molecular complexity index is 403. The smallest absolute Gasteiger partial charge is 0.0672 e. The number of hydrogen-bond acceptors (Lipinski definition) is 2. The fourth-order valence-corrected chi connectivity index (χ4v) is 1.41. The number of pyridine rings is 1. The second-order valence-corrected chi connectivity index (χ2v) is 3.04.